The summed E-state index contributed by atoms with van der Waals surface area (Å²) in [5.74, 6) is 0.310. The van der Waals surface area contributed by atoms with Crippen LogP contribution in [0, 0.1) is 22.7 Å². The van der Waals surface area contributed by atoms with Crippen LogP contribution in [0.5, 0.6) is 0 Å². The van der Waals surface area contributed by atoms with Gasteiger partial charge in [-0.15, -0.1) is 10.2 Å². The average molecular weight is 599 g/mol. The Bertz CT molecular complexity index is 1530. The van der Waals surface area contributed by atoms with Gasteiger partial charge >= 0.3 is 0 Å². The highest BCUT2D eigenvalue weighted by molar-refractivity contribution is 8.00. The van der Waals surface area contributed by atoms with Crippen molar-refractivity contribution in [2.45, 2.75) is 68.5 Å². The van der Waals surface area contributed by atoms with Crippen molar-refractivity contribution >= 4 is 50.8 Å². The van der Waals surface area contributed by atoms with E-state index in [2.05, 4.69) is 47.1 Å². The summed E-state index contributed by atoms with van der Waals surface area (Å²) in [5.41, 5.74) is 3.25. The Hall–Kier alpha value is -3.20. The first-order valence-electron chi connectivity index (χ1n) is 12.9. The van der Waals surface area contributed by atoms with Crippen molar-refractivity contribution in [1.29, 1.82) is 5.26 Å². The Morgan fingerprint density at radius 2 is 1.93 bits per heavy atom. The van der Waals surface area contributed by atoms with Crippen LogP contribution in [0.1, 0.15) is 57.4 Å². The number of carbonyl (C=O) groups is 1. The zero-order valence-electron chi connectivity index (χ0n) is 22.7. The van der Waals surface area contributed by atoms with Crippen LogP contribution in [-0.2, 0) is 27.7 Å². The summed E-state index contributed by atoms with van der Waals surface area (Å²) in [6.07, 6.45) is 3.32. The number of sulfonamides is 1. The maximum Gasteiger partial charge on any atom is 0.263 e. The van der Waals surface area contributed by atoms with E-state index in [1.165, 1.54) is 48.2 Å². The van der Waals surface area contributed by atoms with Crippen LogP contribution in [-0.4, -0.2) is 34.8 Å². The van der Waals surface area contributed by atoms with Crippen molar-refractivity contribution in [3.05, 3.63) is 64.4 Å². The lowest BCUT2D eigenvalue weighted by atomic mass is 9.71. The molecule has 2 N–H and O–H groups in total. The third-order valence-electron chi connectivity index (χ3n) is 6.92. The van der Waals surface area contributed by atoms with E-state index in [0.717, 1.165) is 30.5 Å². The Morgan fingerprint density at radius 1 is 1.20 bits per heavy atom. The van der Waals surface area contributed by atoms with Crippen molar-refractivity contribution in [3.8, 4) is 6.07 Å². The van der Waals surface area contributed by atoms with Gasteiger partial charge in [-0.2, -0.15) is 5.26 Å². The molecule has 3 aromatic rings. The predicted octanol–water partition coefficient (Wildman–Crippen LogP) is 5.86. The molecule has 2 unspecified atom stereocenters. The lowest BCUT2D eigenvalue weighted by Crippen LogP contribution is -2.28. The van der Waals surface area contributed by atoms with E-state index < -0.39 is 15.3 Å². The number of thioether (sulfide) groups is 1. The van der Waals surface area contributed by atoms with Gasteiger partial charge in [-0.05, 0) is 85.0 Å². The van der Waals surface area contributed by atoms with Crippen LogP contribution < -0.4 is 10.0 Å². The molecule has 2 atom stereocenters. The van der Waals surface area contributed by atoms with Gasteiger partial charge in [0.2, 0.25) is 5.91 Å². The number of nitrogens with one attached hydrogen (secondary N) is 2. The smallest absolute Gasteiger partial charge is 0.263 e. The summed E-state index contributed by atoms with van der Waals surface area (Å²) in [7, 11) is -3.91. The summed E-state index contributed by atoms with van der Waals surface area (Å²) in [5, 5.41) is 20.2. The molecule has 12 heteroatoms. The number of aryl methyl sites for hydroxylation is 1. The number of carbonyl (C=O) groups excluding carboxylic acids is 1. The maximum absolute atomic E-state index is 13.1. The molecule has 0 bridgehead atoms. The highest BCUT2D eigenvalue weighted by Crippen LogP contribution is 2.38. The van der Waals surface area contributed by atoms with E-state index in [-0.39, 0.29) is 27.2 Å². The number of pyridine rings is 1. The first-order valence-corrected chi connectivity index (χ1v) is 15.7. The largest absolute Gasteiger partial charge is 0.325 e. The molecule has 0 saturated heterocycles. The molecule has 0 saturated carbocycles. The minimum Gasteiger partial charge on any atom is -0.325 e. The van der Waals surface area contributed by atoms with Gasteiger partial charge in [0.05, 0.1) is 15.7 Å². The molecule has 1 amide bonds. The van der Waals surface area contributed by atoms with Gasteiger partial charge < -0.3 is 5.32 Å². The molecule has 0 spiro atoms. The number of aromatic nitrogens is 3. The summed E-state index contributed by atoms with van der Waals surface area (Å²) >= 11 is 6.98. The molecule has 9 nitrogen and oxygen atoms in total. The van der Waals surface area contributed by atoms with Crippen molar-refractivity contribution in [2.75, 3.05) is 10.0 Å². The number of hydrogen-bond donors (Lipinski definition) is 2. The number of nitrogens with zero attached hydrogens (tertiary/aromatic N) is 4. The molecule has 1 aromatic carbocycles. The summed E-state index contributed by atoms with van der Waals surface area (Å²) in [6, 6.07) is 12.8. The number of rotatable bonds is 8. The molecule has 4 rings (SSSR count). The van der Waals surface area contributed by atoms with E-state index in [4.69, 9.17) is 16.6 Å². The second-order valence-corrected chi connectivity index (χ2v) is 14.0. The second kappa shape index (κ2) is 12.1. The van der Waals surface area contributed by atoms with Gasteiger partial charge in [-0.3, -0.25) is 9.52 Å². The first-order chi connectivity index (χ1) is 18.9. The fourth-order valence-electron chi connectivity index (χ4n) is 4.52. The number of fused-ring (bicyclic) bond motifs is 1. The zero-order chi connectivity index (χ0) is 29.1. The van der Waals surface area contributed by atoms with Crippen LogP contribution in [0.2, 0.25) is 5.15 Å². The minimum atomic E-state index is -3.91. The number of nitriles is 1. The zero-order valence-corrected chi connectivity index (χ0v) is 25.1. The van der Waals surface area contributed by atoms with Crippen molar-refractivity contribution in [3.63, 3.8) is 0 Å². The van der Waals surface area contributed by atoms with E-state index in [0.29, 0.717) is 28.6 Å². The normalized spacial score (nSPS) is 15.9. The molecule has 0 aliphatic heterocycles. The highest BCUT2D eigenvalue weighted by atomic mass is 35.5. The van der Waals surface area contributed by atoms with E-state index in [1.807, 2.05) is 13.0 Å². The standard InChI is InChI=1S/C28H31ClN6O3S2/c1-5-23(39-27-18(16-30)14-17-15-19(28(2,3)4)6-11-22(17)32-27)26(36)31-20-7-9-21(10-8-20)40(37,38)35-25-13-12-24(29)33-34-25/h7-10,12-14,19,23H,5-6,11,15H2,1-4H3,(H,31,36)(H,34,35). The SMILES string of the molecule is CCC(Sc1nc2c(cc1C#N)CC(C(C)(C)C)CC2)C(=O)Nc1ccc(S(=O)(=O)Nc2ccc(Cl)nn2)cc1. The maximum atomic E-state index is 13.1. The van der Waals surface area contributed by atoms with E-state index in [1.54, 1.807) is 0 Å². The second-order valence-electron chi connectivity index (χ2n) is 10.7. The molecule has 1 aliphatic rings. The topological polar surface area (TPSA) is 138 Å². The monoisotopic (exact) mass is 598 g/mol. The highest BCUT2D eigenvalue weighted by Gasteiger charge is 2.31. The number of hydrogen-bond acceptors (Lipinski definition) is 8. The summed E-state index contributed by atoms with van der Waals surface area (Å²) in [4.78, 5) is 18.0. The fraction of sp³-hybridized carbons (Fsp3) is 0.393. The number of halogens is 1. The molecular formula is C28H31ClN6O3S2. The Balaban J connectivity index is 1.44. The van der Waals surface area contributed by atoms with E-state index in [9.17, 15) is 18.5 Å². The van der Waals surface area contributed by atoms with Crippen LogP contribution in [0.4, 0.5) is 11.5 Å². The van der Waals surface area contributed by atoms with Gasteiger partial charge in [0, 0.05) is 11.4 Å². The van der Waals surface area contributed by atoms with Crippen LogP contribution >= 0.6 is 23.4 Å². The molecule has 2 aromatic heterocycles. The van der Waals surface area contributed by atoms with Crippen molar-refractivity contribution in [2.24, 2.45) is 11.3 Å². The third kappa shape index (κ3) is 7.11. The van der Waals surface area contributed by atoms with Gasteiger partial charge in [0.25, 0.3) is 10.0 Å². The van der Waals surface area contributed by atoms with Crippen LogP contribution in [0.15, 0.2) is 52.4 Å². The first kappa shape index (κ1) is 29.8. The van der Waals surface area contributed by atoms with Gasteiger partial charge in [-0.25, -0.2) is 13.4 Å². The van der Waals surface area contributed by atoms with Crippen molar-refractivity contribution < 1.29 is 13.2 Å². The Kier molecular flexibility index (Phi) is 9.02. The van der Waals surface area contributed by atoms with Crippen LogP contribution in [0.3, 0.4) is 0 Å². The quantitative estimate of drug-likeness (QED) is 0.308. The summed E-state index contributed by atoms with van der Waals surface area (Å²) in [6.45, 7) is 8.64. The van der Waals surface area contributed by atoms with Crippen molar-refractivity contribution in [1.82, 2.24) is 15.2 Å². The van der Waals surface area contributed by atoms with Gasteiger partial charge in [0.15, 0.2) is 11.0 Å². The Labute approximate surface area is 244 Å². The van der Waals surface area contributed by atoms with Crippen LogP contribution in [0.25, 0.3) is 0 Å². The Morgan fingerprint density at radius 3 is 2.52 bits per heavy atom. The molecule has 0 fully saturated rings. The summed E-state index contributed by atoms with van der Waals surface area (Å²) < 4.78 is 27.7. The minimum absolute atomic E-state index is 0.00529. The molecule has 40 heavy (non-hydrogen) atoms. The molecular weight excluding hydrogens is 568 g/mol. The molecule has 0 radical (unpaired) electrons. The number of amides is 1. The molecule has 210 valence electrons. The molecule has 2 heterocycles. The third-order valence-corrected chi connectivity index (χ3v) is 9.86. The number of benzene rings is 1. The average Bonchev–Trinajstić information content (AvgIpc) is 2.91. The fourth-order valence-corrected chi connectivity index (χ4v) is 6.61. The number of anilines is 2. The predicted molar refractivity (Wildman–Crippen MR) is 157 cm³/mol. The van der Waals surface area contributed by atoms with Gasteiger partial charge in [-0.1, -0.05) is 51.1 Å². The van der Waals surface area contributed by atoms with E-state index >= 15 is 0 Å². The lowest BCUT2D eigenvalue weighted by Gasteiger charge is -2.34. The lowest BCUT2D eigenvalue weighted by molar-refractivity contribution is -0.115. The van der Waals surface area contributed by atoms with Gasteiger partial charge in [0.1, 0.15) is 11.1 Å². The molecule has 1 aliphatic carbocycles.